The van der Waals surface area contributed by atoms with E-state index in [0.29, 0.717) is 10.8 Å². The maximum Gasteiger partial charge on any atom is 0.213 e. The van der Waals surface area contributed by atoms with Gasteiger partial charge in [-0.1, -0.05) is 16.8 Å². The molecule has 1 aromatic heterocycles. The molecule has 0 aliphatic heterocycles. The summed E-state index contributed by atoms with van der Waals surface area (Å²) < 4.78 is 10.3. The van der Waals surface area contributed by atoms with Gasteiger partial charge < -0.3 is 14.6 Å². The number of rotatable bonds is 5. The summed E-state index contributed by atoms with van der Waals surface area (Å²) in [5.74, 6) is 1.26. The Balaban J connectivity index is 2.16. The lowest BCUT2D eigenvalue weighted by atomic mass is 10.1. The van der Waals surface area contributed by atoms with Crippen LogP contribution in [0.5, 0.6) is 5.75 Å². The van der Waals surface area contributed by atoms with Gasteiger partial charge in [-0.15, -0.1) is 0 Å². The maximum atomic E-state index is 5.99. The first-order valence-electron chi connectivity index (χ1n) is 5.55. The molecule has 6 heteroatoms. The third kappa shape index (κ3) is 3.00. The molecule has 0 fully saturated rings. The smallest absolute Gasteiger partial charge is 0.213 e. The molecule has 1 unspecified atom stereocenters. The van der Waals surface area contributed by atoms with E-state index in [4.69, 9.17) is 16.3 Å². The molecular weight excluding hydrogens is 254 g/mol. The number of nitrogens with zero attached hydrogens (tertiary/aromatic N) is 2. The van der Waals surface area contributed by atoms with Crippen molar-refractivity contribution in [2.75, 3.05) is 7.05 Å². The normalized spacial score (nSPS) is 12.4. The maximum absolute atomic E-state index is 5.99. The van der Waals surface area contributed by atoms with E-state index in [-0.39, 0.29) is 12.6 Å². The summed E-state index contributed by atoms with van der Waals surface area (Å²) in [6.45, 7) is 2.30. The van der Waals surface area contributed by atoms with E-state index in [0.717, 1.165) is 11.3 Å². The highest BCUT2D eigenvalue weighted by molar-refractivity contribution is 6.30. The zero-order valence-electron chi connectivity index (χ0n) is 10.2. The van der Waals surface area contributed by atoms with Crippen molar-refractivity contribution in [3.05, 3.63) is 41.0 Å². The molecule has 2 rings (SSSR count). The van der Waals surface area contributed by atoms with Gasteiger partial charge in [0.25, 0.3) is 0 Å². The Morgan fingerprint density at radius 1 is 1.50 bits per heavy atom. The number of aromatic nitrogens is 2. The number of hydrogen-bond acceptors (Lipinski definition) is 5. The van der Waals surface area contributed by atoms with Crippen LogP contribution in [0.4, 0.5) is 0 Å². The number of benzene rings is 1. The molecule has 0 aliphatic carbocycles. The summed E-state index contributed by atoms with van der Waals surface area (Å²) >= 11 is 5.99. The molecule has 0 aliphatic rings. The summed E-state index contributed by atoms with van der Waals surface area (Å²) in [6, 6.07) is 5.66. The second kappa shape index (κ2) is 5.84. The van der Waals surface area contributed by atoms with E-state index in [9.17, 15) is 0 Å². The lowest BCUT2D eigenvalue weighted by Crippen LogP contribution is -2.14. The summed E-state index contributed by atoms with van der Waals surface area (Å²) in [4.78, 5) is 3.90. The summed E-state index contributed by atoms with van der Waals surface area (Å²) in [7, 11) is 1.88. The van der Waals surface area contributed by atoms with Gasteiger partial charge in [-0.05, 0) is 32.2 Å². The predicted molar refractivity (Wildman–Crippen MR) is 67.6 cm³/mol. The molecule has 1 heterocycles. The van der Waals surface area contributed by atoms with Crippen molar-refractivity contribution in [3.63, 3.8) is 0 Å². The quantitative estimate of drug-likeness (QED) is 0.902. The van der Waals surface area contributed by atoms with Gasteiger partial charge in [0.1, 0.15) is 5.75 Å². The van der Waals surface area contributed by atoms with Crippen LogP contribution in [-0.4, -0.2) is 17.2 Å². The highest BCUT2D eigenvalue weighted by Crippen LogP contribution is 2.28. The van der Waals surface area contributed by atoms with Gasteiger partial charge in [-0.2, -0.15) is 4.98 Å². The molecule has 18 heavy (non-hydrogen) atoms. The van der Waals surface area contributed by atoms with Crippen LogP contribution in [0, 0.1) is 0 Å². The Morgan fingerprint density at radius 3 is 3.00 bits per heavy atom. The van der Waals surface area contributed by atoms with Crippen molar-refractivity contribution in [3.8, 4) is 5.75 Å². The lowest BCUT2D eigenvalue weighted by Gasteiger charge is -2.16. The Labute approximate surface area is 110 Å². The molecule has 0 spiro atoms. The summed E-state index contributed by atoms with van der Waals surface area (Å²) in [5.41, 5.74) is 0.994. The van der Waals surface area contributed by atoms with Gasteiger partial charge in [0.2, 0.25) is 12.2 Å². The molecule has 0 bridgehead atoms. The minimum Gasteiger partial charge on any atom is -0.485 e. The Bertz CT molecular complexity index is 502. The summed E-state index contributed by atoms with van der Waals surface area (Å²) in [5, 5.41) is 7.52. The molecule has 2 aromatic rings. The Morgan fingerprint density at radius 2 is 2.33 bits per heavy atom. The number of halogens is 1. The van der Waals surface area contributed by atoms with Crippen molar-refractivity contribution >= 4 is 11.6 Å². The Hall–Kier alpha value is -1.59. The van der Waals surface area contributed by atoms with Crippen molar-refractivity contribution < 1.29 is 9.26 Å². The monoisotopic (exact) mass is 267 g/mol. The minimum absolute atomic E-state index is 0.143. The standard InChI is InChI=1S/C12H14ClN3O2/c1-8(14-2)10-5-9(13)3-4-11(10)17-6-12-15-7-18-16-12/h3-5,7-8,14H,6H2,1-2H3. The van der Waals surface area contributed by atoms with Crippen molar-refractivity contribution in [1.29, 1.82) is 0 Å². The van der Waals surface area contributed by atoms with Crippen molar-refractivity contribution in [2.24, 2.45) is 0 Å². The second-order valence-corrected chi connectivity index (χ2v) is 4.27. The van der Waals surface area contributed by atoms with Crippen LogP contribution in [-0.2, 0) is 6.61 Å². The third-order valence-electron chi connectivity index (χ3n) is 2.64. The van der Waals surface area contributed by atoms with Gasteiger partial charge in [-0.3, -0.25) is 0 Å². The molecule has 1 N–H and O–H groups in total. The first kappa shape index (κ1) is 12.9. The zero-order valence-corrected chi connectivity index (χ0v) is 10.9. The van der Waals surface area contributed by atoms with Gasteiger partial charge in [0.05, 0.1) is 0 Å². The van der Waals surface area contributed by atoms with Crippen molar-refractivity contribution in [1.82, 2.24) is 15.5 Å². The highest BCUT2D eigenvalue weighted by atomic mass is 35.5. The molecule has 0 saturated carbocycles. The number of ether oxygens (including phenoxy) is 1. The molecule has 96 valence electrons. The molecule has 0 saturated heterocycles. The molecule has 0 amide bonds. The van der Waals surface area contributed by atoms with Crippen molar-refractivity contribution in [2.45, 2.75) is 19.6 Å². The average Bonchev–Trinajstić information content (AvgIpc) is 2.89. The molecule has 0 radical (unpaired) electrons. The minimum atomic E-state index is 0.143. The van der Waals surface area contributed by atoms with E-state index in [1.165, 1.54) is 6.39 Å². The van der Waals surface area contributed by atoms with E-state index >= 15 is 0 Å². The van der Waals surface area contributed by atoms with Crippen LogP contribution in [0.25, 0.3) is 0 Å². The molecule has 1 aromatic carbocycles. The average molecular weight is 268 g/mol. The van der Waals surface area contributed by atoms with Crippen LogP contribution in [0.3, 0.4) is 0 Å². The van der Waals surface area contributed by atoms with E-state index < -0.39 is 0 Å². The van der Waals surface area contributed by atoms with Gasteiger partial charge in [0, 0.05) is 16.6 Å². The van der Waals surface area contributed by atoms with E-state index in [1.807, 2.05) is 26.1 Å². The van der Waals surface area contributed by atoms with Crippen LogP contribution in [0.1, 0.15) is 24.4 Å². The second-order valence-electron chi connectivity index (χ2n) is 3.83. The molecular formula is C12H14ClN3O2. The van der Waals surface area contributed by atoms with Gasteiger partial charge in [-0.25, -0.2) is 0 Å². The number of hydrogen-bond donors (Lipinski definition) is 1. The van der Waals surface area contributed by atoms with Gasteiger partial charge in [0.15, 0.2) is 6.61 Å². The fourth-order valence-corrected chi connectivity index (χ4v) is 1.72. The first-order chi connectivity index (χ1) is 8.70. The van der Waals surface area contributed by atoms with Crippen LogP contribution in [0.15, 0.2) is 29.1 Å². The highest BCUT2D eigenvalue weighted by Gasteiger charge is 2.11. The molecule has 1 atom stereocenters. The first-order valence-corrected chi connectivity index (χ1v) is 5.93. The van der Waals surface area contributed by atoms with E-state index in [2.05, 4.69) is 20.0 Å². The van der Waals surface area contributed by atoms with Crippen LogP contribution in [0.2, 0.25) is 5.02 Å². The molecule has 5 nitrogen and oxygen atoms in total. The third-order valence-corrected chi connectivity index (χ3v) is 2.87. The lowest BCUT2D eigenvalue weighted by molar-refractivity contribution is 0.282. The number of nitrogens with one attached hydrogen (secondary N) is 1. The fourth-order valence-electron chi connectivity index (χ4n) is 1.54. The zero-order chi connectivity index (χ0) is 13.0. The predicted octanol–water partition coefficient (Wildman–Crippen LogP) is 2.58. The Kier molecular flexibility index (Phi) is 4.17. The van der Waals surface area contributed by atoms with Crippen LogP contribution >= 0.6 is 11.6 Å². The summed E-state index contributed by atoms with van der Waals surface area (Å²) in [6.07, 6.45) is 1.28. The topological polar surface area (TPSA) is 60.2 Å². The largest absolute Gasteiger partial charge is 0.485 e. The van der Waals surface area contributed by atoms with Gasteiger partial charge >= 0.3 is 0 Å². The van der Waals surface area contributed by atoms with E-state index in [1.54, 1.807) is 6.07 Å². The SMILES string of the molecule is CNC(C)c1cc(Cl)ccc1OCc1ncon1. The fraction of sp³-hybridized carbons (Fsp3) is 0.333. The van der Waals surface area contributed by atoms with Crippen LogP contribution < -0.4 is 10.1 Å².